The van der Waals surface area contributed by atoms with Crippen LogP contribution in [0.1, 0.15) is 12.5 Å². The van der Waals surface area contributed by atoms with Gasteiger partial charge < -0.3 is 5.73 Å². The van der Waals surface area contributed by atoms with Crippen LogP contribution in [-0.4, -0.2) is 22.2 Å². The van der Waals surface area contributed by atoms with Gasteiger partial charge in [0.15, 0.2) is 5.17 Å². The van der Waals surface area contributed by atoms with Crippen molar-refractivity contribution in [1.29, 1.82) is 0 Å². The molecule has 1 heterocycles. The van der Waals surface area contributed by atoms with Crippen molar-refractivity contribution in [3.8, 4) is 0 Å². The van der Waals surface area contributed by atoms with Gasteiger partial charge in [0.2, 0.25) is 5.91 Å². The van der Waals surface area contributed by atoms with Crippen molar-refractivity contribution >= 4 is 63.7 Å². The third kappa shape index (κ3) is 4.22. The Kier molecular flexibility index (Phi) is 6.07. The Bertz CT molecular complexity index is 1030. The quantitative estimate of drug-likeness (QED) is 0.716. The van der Waals surface area contributed by atoms with Gasteiger partial charge in [-0.05, 0) is 42.8 Å². The lowest BCUT2D eigenvalue weighted by Gasteiger charge is -2.19. The zero-order chi connectivity index (χ0) is 20.4. The number of benzene rings is 2. The SMILES string of the molecule is CC(SC1=N/C(=C/c2ccc(Cl)c(Cl)c2)C(=O)N1c1ccccc1F)C(N)=O. The predicted octanol–water partition coefficient (Wildman–Crippen LogP) is 4.48. The fraction of sp³-hybridized carbons (Fsp3) is 0.105. The number of nitrogens with two attached hydrogens (primary N) is 1. The second-order valence-corrected chi connectivity index (χ2v) is 7.97. The molecule has 3 rings (SSSR count). The number of amides is 2. The van der Waals surface area contributed by atoms with E-state index in [0.717, 1.165) is 16.7 Å². The summed E-state index contributed by atoms with van der Waals surface area (Å²) in [6, 6.07) is 10.7. The molecule has 2 amide bonds. The fourth-order valence-electron chi connectivity index (χ4n) is 2.40. The largest absolute Gasteiger partial charge is 0.369 e. The number of carbonyl (C=O) groups is 2. The van der Waals surface area contributed by atoms with Gasteiger partial charge in [0.25, 0.3) is 5.91 Å². The Morgan fingerprint density at radius 3 is 2.61 bits per heavy atom. The van der Waals surface area contributed by atoms with Crippen molar-refractivity contribution in [3.05, 3.63) is 69.6 Å². The monoisotopic (exact) mass is 437 g/mol. The Labute approximate surface area is 175 Å². The summed E-state index contributed by atoms with van der Waals surface area (Å²) < 4.78 is 14.3. The summed E-state index contributed by atoms with van der Waals surface area (Å²) in [6.45, 7) is 1.58. The van der Waals surface area contributed by atoms with Crippen LogP contribution in [0.25, 0.3) is 6.08 Å². The second kappa shape index (κ2) is 8.34. The molecule has 0 aromatic heterocycles. The first-order valence-electron chi connectivity index (χ1n) is 8.08. The van der Waals surface area contributed by atoms with Crippen LogP contribution in [0.2, 0.25) is 10.0 Å². The van der Waals surface area contributed by atoms with E-state index >= 15 is 0 Å². The van der Waals surface area contributed by atoms with Crippen LogP contribution in [0, 0.1) is 5.82 Å². The molecule has 1 unspecified atom stereocenters. The maximum atomic E-state index is 14.3. The van der Waals surface area contributed by atoms with Crippen LogP contribution >= 0.6 is 35.0 Å². The van der Waals surface area contributed by atoms with Crippen LogP contribution in [0.5, 0.6) is 0 Å². The highest BCUT2D eigenvalue weighted by Crippen LogP contribution is 2.33. The van der Waals surface area contributed by atoms with Crippen molar-refractivity contribution in [1.82, 2.24) is 0 Å². The third-order valence-corrected chi connectivity index (χ3v) is 5.66. The van der Waals surface area contributed by atoms with E-state index in [1.54, 1.807) is 31.2 Å². The molecule has 0 saturated carbocycles. The lowest BCUT2D eigenvalue weighted by atomic mass is 10.2. The summed E-state index contributed by atoms with van der Waals surface area (Å²) in [6.07, 6.45) is 1.51. The standard InChI is InChI=1S/C19H14Cl2FN3O2S/c1-10(17(23)26)28-19-24-15(9-11-6-7-12(20)13(21)8-11)18(27)25(19)16-5-3-2-4-14(16)22/h2-10H,1H3,(H2,23,26)/b15-9+. The van der Waals surface area contributed by atoms with Crippen LogP contribution in [-0.2, 0) is 9.59 Å². The van der Waals surface area contributed by atoms with Crippen LogP contribution in [0.15, 0.2) is 53.2 Å². The summed E-state index contributed by atoms with van der Waals surface area (Å²) in [4.78, 5) is 29.8. The molecule has 0 spiro atoms. The van der Waals surface area contributed by atoms with E-state index in [1.165, 1.54) is 24.3 Å². The number of anilines is 1. The topological polar surface area (TPSA) is 75.8 Å². The number of primary amides is 1. The molecule has 0 aliphatic carbocycles. The van der Waals surface area contributed by atoms with E-state index < -0.39 is 22.9 Å². The van der Waals surface area contributed by atoms with E-state index in [0.29, 0.717) is 15.6 Å². The number of para-hydroxylation sites is 1. The maximum absolute atomic E-state index is 14.3. The maximum Gasteiger partial charge on any atom is 0.283 e. The fourth-order valence-corrected chi connectivity index (χ4v) is 3.57. The van der Waals surface area contributed by atoms with Crippen LogP contribution in [0.3, 0.4) is 0 Å². The van der Waals surface area contributed by atoms with Crippen molar-refractivity contribution in [2.24, 2.45) is 10.7 Å². The van der Waals surface area contributed by atoms with Gasteiger partial charge in [-0.2, -0.15) is 0 Å². The molecular formula is C19H14Cl2FN3O2S. The first kappa shape index (κ1) is 20.4. The molecule has 9 heteroatoms. The number of halogens is 3. The lowest BCUT2D eigenvalue weighted by molar-refractivity contribution is -0.117. The molecule has 0 radical (unpaired) electrons. The minimum absolute atomic E-state index is 0.0351. The molecule has 144 valence electrons. The van der Waals surface area contributed by atoms with Crippen molar-refractivity contribution in [3.63, 3.8) is 0 Å². The Morgan fingerprint density at radius 2 is 1.96 bits per heavy atom. The van der Waals surface area contributed by atoms with E-state index in [2.05, 4.69) is 4.99 Å². The predicted molar refractivity (Wildman–Crippen MR) is 112 cm³/mol. The van der Waals surface area contributed by atoms with Gasteiger partial charge in [0.05, 0.1) is 21.0 Å². The Hall–Kier alpha value is -2.35. The molecule has 2 aromatic rings. The molecule has 0 bridgehead atoms. The van der Waals surface area contributed by atoms with Gasteiger partial charge in [-0.15, -0.1) is 0 Å². The number of carbonyl (C=O) groups excluding carboxylic acids is 2. The highest BCUT2D eigenvalue weighted by molar-refractivity contribution is 8.15. The molecule has 28 heavy (non-hydrogen) atoms. The van der Waals surface area contributed by atoms with Gasteiger partial charge in [0.1, 0.15) is 11.5 Å². The molecule has 0 saturated heterocycles. The number of nitrogens with zero attached hydrogens (tertiary/aromatic N) is 2. The number of amidine groups is 1. The number of hydrogen-bond donors (Lipinski definition) is 1. The Balaban J connectivity index is 2.05. The van der Waals surface area contributed by atoms with Gasteiger partial charge in [-0.3, -0.25) is 14.5 Å². The van der Waals surface area contributed by atoms with Crippen LogP contribution in [0.4, 0.5) is 10.1 Å². The van der Waals surface area contributed by atoms with E-state index in [9.17, 15) is 14.0 Å². The Morgan fingerprint density at radius 1 is 1.25 bits per heavy atom. The second-order valence-electron chi connectivity index (χ2n) is 5.85. The van der Waals surface area contributed by atoms with E-state index in [4.69, 9.17) is 28.9 Å². The first-order chi connectivity index (χ1) is 13.3. The highest BCUT2D eigenvalue weighted by atomic mass is 35.5. The molecule has 1 aliphatic heterocycles. The molecule has 5 nitrogen and oxygen atoms in total. The third-order valence-electron chi connectivity index (χ3n) is 3.85. The summed E-state index contributed by atoms with van der Waals surface area (Å²) >= 11 is 12.9. The summed E-state index contributed by atoms with van der Waals surface area (Å²) in [5, 5.41) is 0.204. The number of rotatable bonds is 4. The molecular weight excluding hydrogens is 424 g/mol. The zero-order valence-corrected chi connectivity index (χ0v) is 16.9. The summed E-state index contributed by atoms with van der Waals surface area (Å²) in [5.41, 5.74) is 6.02. The molecule has 1 atom stereocenters. The van der Waals surface area contributed by atoms with Crippen molar-refractivity contribution in [2.45, 2.75) is 12.2 Å². The number of thioether (sulfide) groups is 1. The van der Waals surface area contributed by atoms with E-state index in [-0.39, 0.29) is 16.6 Å². The molecule has 2 aromatic carbocycles. The number of aliphatic imine (C=N–C) groups is 1. The lowest BCUT2D eigenvalue weighted by Crippen LogP contribution is -2.34. The molecule has 2 N–H and O–H groups in total. The average molecular weight is 438 g/mol. The average Bonchev–Trinajstić information content (AvgIpc) is 2.94. The molecule has 1 aliphatic rings. The summed E-state index contributed by atoms with van der Waals surface area (Å²) in [7, 11) is 0. The van der Waals surface area contributed by atoms with E-state index in [1.807, 2.05) is 0 Å². The zero-order valence-electron chi connectivity index (χ0n) is 14.5. The number of hydrogen-bond acceptors (Lipinski definition) is 4. The normalized spacial score (nSPS) is 16.4. The highest BCUT2D eigenvalue weighted by Gasteiger charge is 2.35. The smallest absolute Gasteiger partial charge is 0.283 e. The first-order valence-corrected chi connectivity index (χ1v) is 9.72. The van der Waals surface area contributed by atoms with Gasteiger partial charge in [-0.25, -0.2) is 9.38 Å². The van der Waals surface area contributed by atoms with Crippen molar-refractivity contribution < 1.29 is 14.0 Å². The van der Waals surface area contributed by atoms with Crippen molar-refractivity contribution in [2.75, 3.05) is 4.90 Å². The minimum atomic E-state index is -0.662. The molecule has 0 fully saturated rings. The van der Waals surface area contributed by atoms with Crippen LogP contribution < -0.4 is 10.6 Å². The minimum Gasteiger partial charge on any atom is -0.369 e. The summed E-state index contributed by atoms with van der Waals surface area (Å²) in [5.74, 6) is -1.70. The van der Waals surface area contributed by atoms with Gasteiger partial charge >= 0.3 is 0 Å². The van der Waals surface area contributed by atoms with Gasteiger partial charge in [-0.1, -0.05) is 53.2 Å². The van der Waals surface area contributed by atoms with Gasteiger partial charge in [0, 0.05) is 0 Å².